The first-order valence-corrected chi connectivity index (χ1v) is 4.75. The fourth-order valence-electron chi connectivity index (χ4n) is 1.70. The minimum absolute atomic E-state index is 1.73. The largest absolute Gasteiger partial charge is 0.478 e. The molecule has 1 N–H and O–H groups in total. The van der Waals surface area contributed by atoms with Gasteiger partial charge in [-0.2, -0.15) is 0 Å². The molecule has 0 bridgehead atoms. The summed E-state index contributed by atoms with van der Waals surface area (Å²) in [6.45, 7) is 0. The Morgan fingerprint density at radius 1 is 0.600 bits per heavy atom. The Kier molecular flexibility index (Phi) is 3.07. The molecule has 0 radical (unpaired) electrons. The molecule has 0 fully saturated rings. The second-order valence-electron chi connectivity index (χ2n) is 3.63. The molecule has 106 valence electrons. The third-order valence-electron chi connectivity index (χ3n) is 2.56. The summed E-state index contributed by atoms with van der Waals surface area (Å²) in [5, 5.41) is 5.07. The van der Waals surface area contributed by atoms with Gasteiger partial charge in [-0.15, -0.1) is 0 Å². The molecule has 0 aromatic heterocycles. The number of benzene rings is 2. The number of halogens is 7. The van der Waals surface area contributed by atoms with Crippen molar-refractivity contribution < 1.29 is 40.6 Å². The standard InChI is InChI=1S/C11HF7O2/c12-4-1-2(6(14)10(18)9(4)17)5(13)8(16)7(15)3(1)11(19)20/h(H,19,20). The van der Waals surface area contributed by atoms with Crippen molar-refractivity contribution in [1.29, 1.82) is 0 Å². The van der Waals surface area contributed by atoms with Crippen molar-refractivity contribution in [3.05, 3.63) is 46.3 Å². The van der Waals surface area contributed by atoms with E-state index in [2.05, 4.69) is 0 Å². The summed E-state index contributed by atoms with van der Waals surface area (Å²) < 4.78 is 92.5. The SMILES string of the molecule is O=C(O)c1c(F)c(F)c(F)c2c(F)c(F)c(F)c(F)c12. The maximum Gasteiger partial charge on any atom is 0.339 e. The van der Waals surface area contributed by atoms with Crippen molar-refractivity contribution in [2.24, 2.45) is 0 Å². The van der Waals surface area contributed by atoms with Gasteiger partial charge in [-0.3, -0.25) is 0 Å². The number of fused-ring (bicyclic) bond motifs is 1. The van der Waals surface area contributed by atoms with Crippen LogP contribution in [0.2, 0.25) is 0 Å². The Hall–Kier alpha value is -2.32. The van der Waals surface area contributed by atoms with E-state index in [0.29, 0.717) is 0 Å². The first kappa shape index (κ1) is 14.1. The lowest BCUT2D eigenvalue weighted by Crippen LogP contribution is -2.11. The summed E-state index contributed by atoms with van der Waals surface area (Å²) in [5.74, 6) is -19.1. The highest BCUT2D eigenvalue weighted by atomic mass is 19.2. The Labute approximate surface area is 105 Å². The molecule has 2 rings (SSSR count). The number of aromatic carboxylic acids is 1. The monoisotopic (exact) mass is 298 g/mol. The second-order valence-corrected chi connectivity index (χ2v) is 3.63. The van der Waals surface area contributed by atoms with Crippen LogP contribution in [-0.2, 0) is 0 Å². The van der Waals surface area contributed by atoms with Gasteiger partial charge in [0.1, 0.15) is 5.56 Å². The number of carbonyl (C=O) groups is 1. The number of carboxylic acids is 1. The van der Waals surface area contributed by atoms with E-state index in [1.54, 1.807) is 0 Å². The molecule has 0 heterocycles. The maximum atomic E-state index is 13.5. The third kappa shape index (κ3) is 1.62. The molecule has 0 amide bonds. The van der Waals surface area contributed by atoms with Gasteiger partial charge in [0.05, 0.1) is 5.39 Å². The zero-order valence-electron chi connectivity index (χ0n) is 9.00. The first-order valence-electron chi connectivity index (χ1n) is 4.75. The van der Waals surface area contributed by atoms with Gasteiger partial charge >= 0.3 is 5.97 Å². The van der Waals surface area contributed by atoms with E-state index in [9.17, 15) is 35.5 Å². The fourth-order valence-corrected chi connectivity index (χ4v) is 1.70. The summed E-state index contributed by atoms with van der Waals surface area (Å²) in [7, 11) is 0. The van der Waals surface area contributed by atoms with Gasteiger partial charge in [0.25, 0.3) is 0 Å². The average Bonchev–Trinajstić information content (AvgIpc) is 2.39. The minimum Gasteiger partial charge on any atom is -0.478 e. The van der Waals surface area contributed by atoms with E-state index in [1.165, 1.54) is 0 Å². The highest BCUT2D eigenvalue weighted by Crippen LogP contribution is 2.34. The Balaban J connectivity index is 3.27. The number of hydrogen-bond donors (Lipinski definition) is 1. The van der Waals surface area contributed by atoms with Gasteiger partial charge in [-0.1, -0.05) is 0 Å². The van der Waals surface area contributed by atoms with Crippen molar-refractivity contribution in [1.82, 2.24) is 0 Å². The van der Waals surface area contributed by atoms with Crippen LogP contribution in [0.4, 0.5) is 30.7 Å². The van der Waals surface area contributed by atoms with Gasteiger partial charge in [0.2, 0.25) is 0 Å². The van der Waals surface area contributed by atoms with Crippen LogP contribution < -0.4 is 0 Å². The zero-order chi connectivity index (χ0) is 15.4. The summed E-state index contributed by atoms with van der Waals surface area (Å²) >= 11 is 0. The summed E-state index contributed by atoms with van der Waals surface area (Å²) in [6.07, 6.45) is 0. The molecule has 9 heteroatoms. The van der Waals surface area contributed by atoms with Crippen molar-refractivity contribution in [3.8, 4) is 0 Å². The lowest BCUT2D eigenvalue weighted by Gasteiger charge is -2.10. The second kappa shape index (κ2) is 4.36. The summed E-state index contributed by atoms with van der Waals surface area (Å²) in [5.41, 5.74) is -1.84. The van der Waals surface area contributed by atoms with Crippen molar-refractivity contribution in [2.75, 3.05) is 0 Å². The van der Waals surface area contributed by atoms with Crippen LogP contribution in [0.5, 0.6) is 0 Å². The molecule has 0 aliphatic heterocycles. The lowest BCUT2D eigenvalue weighted by atomic mass is 10.0. The molecule has 0 saturated heterocycles. The predicted molar refractivity (Wildman–Crippen MR) is 50.6 cm³/mol. The van der Waals surface area contributed by atoms with Crippen molar-refractivity contribution >= 4 is 16.7 Å². The first-order chi connectivity index (χ1) is 9.20. The van der Waals surface area contributed by atoms with E-state index in [4.69, 9.17) is 5.11 Å². The zero-order valence-corrected chi connectivity index (χ0v) is 9.00. The van der Waals surface area contributed by atoms with E-state index < -0.39 is 63.0 Å². The number of rotatable bonds is 1. The van der Waals surface area contributed by atoms with Crippen LogP contribution in [0.3, 0.4) is 0 Å². The number of hydrogen-bond acceptors (Lipinski definition) is 1. The quantitative estimate of drug-likeness (QED) is 0.497. The van der Waals surface area contributed by atoms with Gasteiger partial charge in [-0.25, -0.2) is 35.5 Å². The minimum atomic E-state index is -2.48. The fraction of sp³-hybridized carbons (Fsp3) is 0. The predicted octanol–water partition coefficient (Wildman–Crippen LogP) is 3.51. The molecule has 2 aromatic rings. The van der Waals surface area contributed by atoms with Crippen LogP contribution in [0.1, 0.15) is 10.4 Å². The third-order valence-corrected chi connectivity index (χ3v) is 2.56. The van der Waals surface area contributed by atoms with Crippen molar-refractivity contribution in [2.45, 2.75) is 0 Å². The summed E-state index contributed by atoms with van der Waals surface area (Å²) in [4.78, 5) is 10.7. The van der Waals surface area contributed by atoms with E-state index in [1.807, 2.05) is 0 Å². The lowest BCUT2D eigenvalue weighted by molar-refractivity contribution is 0.0692. The molecule has 0 aliphatic carbocycles. The van der Waals surface area contributed by atoms with E-state index >= 15 is 0 Å². The smallest absolute Gasteiger partial charge is 0.339 e. The molecule has 2 nitrogen and oxygen atoms in total. The van der Waals surface area contributed by atoms with Crippen LogP contribution >= 0.6 is 0 Å². The Bertz CT molecular complexity index is 762. The molecular formula is C11HF7O2. The molecular weight excluding hydrogens is 297 g/mol. The van der Waals surface area contributed by atoms with Crippen LogP contribution in [0.25, 0.3) is 10.8 Å². The normalized spacial score (nSPS) is 11.2. The van der Waals surface area contributed by atoms with Crippen LogP contribution in [-0.4, -0.2) is 11.1 Å². The van der Waals surface area contributed by atoms with Gasteiger partial charge in [0.15, 0.2) is 40.7 Å². The molecule has 0 aliphatic rings. The molecule has 20 heavy (non-hydrogen) atoms. The van der Waals surface area contributed by atoms with Crippen LogP contribution in [0.15, 0.2) is 0 Å². The Morgan fingerprint density at radius 3 is 1.35 bits per heavy atom. The molecule has 0 unspecified atom stereocenters. The molecule has 0 atom stereocenters. The van der Waals surface area contributed by atoms with Gasteiger partial charge in [-0.05, 0) is 0 Å². The summed E-state index contributed by atoms with van der Waals surface area (Å²) in [6, 6.07) is 0. The topological polar surface area (TPSA) is 37.3 Å². The maximum absolute atomic E-state index is 13.5. The van der Waals surface area contributed by atoms with E-state index in [0.717, 1.165) is 0 Å². The molecule has 0 spiro atoms. The van der Waals surface area contributed by atoms with E-state index in [-0.39, 0.29) is 0 Å². The van der Waals surface area contributed by atoms with Crippen molar-refractivity contribution in [3.63, 3.8) is 0 Å². The highest BCUT2D eigenvalue weighted by molar-refractivity contribution is 6.04. The number of carboxylic acid groups (broad SMARTS) is 1. The van der Waals surface area contributed by atoms with Crippen LogP contribution in [0, 0.1) is 40.7 Å². The highest BCUT2D eigenvalue weighted by Gasteiger charge is 2.32. The Morgan fingerprint density at radius 2 is 0.950 bits per heavy atom. The van der Waals surface area contributed by atoms with Gasteiger partial charge < -0.3 is 5.11 Å². The van der Waals surface area contributed by atoms with Gasteiger partial charge in [0, 0.05) is 5.39 Å². The molecule has 2 aromatic carbocycles. The molecule has 0 saturated carbocycles. The average molecular weight is 298 g/mol.